The van der Waals surface area contributed by atoms with Gasteiger partial charge in [-0.25, -0.2) is 0 Å². The SMILES string of the molecule is COc1nc2c(c(NCc3ccccc3)n1)CCNCC2. The highest BCUT2D eigenvalue weighted by Gasteiger charge is 2.16. The quantitative estimate of drug-likeness (QED) is 0.896. The van der Waals surface area contributed by atoms with E-state index in [-0.39, 0.29) is 0 Å². The summed E-state index contributed by atoms with van der Waals surface area (Å²) in [6.45, 7) is 2.66. The van der Waals surface area contributed by atoms with Crippen LogP contribution in [-0.4, -0.2) is 30.2 Å². The van der Waals surface area contributed by atoms with E-state index >= 15 is 0 Å². The second kappa shape index (κ2) is 6.54. The highest BCUT2D eigenvalue weighted by atomic mass is 16.5. The van der Waals surface area contributed by atoms with Crippen LogP contribution in [0.25, 0.3) is 0 Å². The number of anilines is 1. The summed E-state index contributed by atoms with van der Waals surface area (Å²) >= 11 is 0. The van der Waals surface area contributed by atoms with E-state index in [4.69, 9.17) is 4.74 Å². The Morgan fingerprint density at radius 2 is 1.95 bits per heavy atom. The molecule has 5 heteroatoms. The first-order valence-corrected chi connectivity index (χ1v) is 7.29. The second-order valence-corrected chi connectivity index (χ2v) is 5.07. The van der Waals surface area contributed by atoms with Gasteiger partial charge in [-0.15, -0.1) is 0 Å². The van der Waals surface area contributed by atoms with E-state index in [1.165, 1.54) is 11.1 Å². The van der Waals surface area contributed by atoms with Gasteiger partial charge in [0.05, 0.1) is 12.8 Å². The molecule has 0 atom stereocenters. The fourth-order valence-electron chi connectivity index (χ4n) is 2.54. The van der Waals surface area contributed by atoms with Crippen LogP contribution in [0.3, 0.4) is 0 Å². The number of nitrogens with zero attached hydrogens (tertiary/aromatic N) is 2. The van der Waals surface area contributed by atoms with Gasteiger partial charge in [-0.05, 0) is 18.5 Å². The van der Waals surface area contributed by atoms with Crippen LogP contribution in [0.5, 0.6) is 6.01 Å². The standard InChI is InChI=1S/C16H20N4O/c1-21-16-19-14-8-10-17-9-7-13(14)15(20-16)18-11-12-5-3-2-4-6-12/h2-6,17H,7-11H2,1H3,(H,18,19,20). The summed E-state index contributed by atoms with van der Waals surface area (Å²) in [5.41, 5.74) is 3.52. The van der Waals surface area contributed by atoms with Crippen molar-refractivity contribution in [1.82, 2.24) is 15.3 Å². The van der Waals surface area contributed by atoms with Crippen LogP contribution < -0.4 is 15.4 Å². The Morgan fingerprint density at radius 3 is 2.76 bits per heavy atom. The lowest BCUT2D eigenvalue weighted by Crippen LogP contribution is -2.16. The monoisotopic (exact) mass is 284 g/mol. The summed E-state index contributed by atoms with van der Waals surface area (Å²) in [5.74, 6) is 0.893. The summed E-state index contributed by atoms with van der Waals surface area (Å²) in [7, 11) is 1.61. The van der Waals surface area contributed by atoms with Gasteiger partial charge >= 0.3 is 6.01 Å². The Hall–Kier alpha value is -2.14. The highest BCUT2D eigenvalue weighted by Crippen LogP contribution is 2.22. The van der Waals surface area contributed by atoms with Gasteiger partial charge in [-0.3, -0.25) is 0 Å². The van der Waals surface area contributed by atoms with Gasteiger partial charge in [0.2, 0.25) is 0 Å². The van der Waals surface area contributed by atoms with Gasteiger partial charge < -0.3 is 15.4 Å². The number of ether oxygens (including phenoxy) is 1. The van der Waals surface area contributed by atoms with E-state index in [0.29, 0.717) is 6.01 Å². The number of hydrogen-bond donors (Lipinski definition) is 2. The lowest BCUT2D eigenvalue weighted by Gasteiger charge is -2.14. The summed E-state index contributed by atoms with van der Waals surface area (Å²) in [5, 5.41) is 6.83. The maximum Gasteiger partial charge on any atom is 0.318 e. The largest absolute Gasteiger partial charge is 0.467 e. The molecule has 0 spiro atoms. The van der Waals surface area contributed by atoms with E-state index in [9.17, 15) is 0 Å². The van der Waals surface area contributed by atoms with Crippen LogP contribution in [0, 0.1) is 0 Å². The molecule has 2 N–H and O–H groups in total. The molecule has 0 saturated heterocycles. The molecule has 0 aliphatic carbocycles. The van der Waals surface area contributed by atoms with E-state index in [0.717, 1.165) is 44.0 Å². The molecule has 0 fully saturated rings. The van der Waals surface area contributed by atoms with E-state index in [1.807, 2.05) is 18.2 Å². The molecule has 110 valence electrons. The Morgan fingerprint density at radius 1 is 1.14 bits per heavy atom. The van der Waals surface area contributed by atoms with E-state index < -0.39 is 0 Å². The number of benzene rings is 1. The molecule has 3 rings (SSSR count). The van der Waals surface area contributed by atoms with Crippen molar-refractivity contribution in [2.75, 3.05) is 25.5 Å². The number of nitrogens with one attached hydrogen (secondary N) is 2. The predicted octanol–water partition coefficient (Wildman–Crippen LogP) is 1.79. The zero-order valence-corrected chi connectivity index (χ0v) is 12.2. The Labute approximate surface area is 124 Å². The first kappa shape index (κ1) is 13.8. The van der Waals surface area contributed by atoms with Crippen LogP contribution >= 0.6 is 0 Å². The number of aromatic nitrogens is 2. The van der Waals surface area contributed by atoms with Crippen LogP contribution in [0.2, 0.25) is 0 Å². The predicted molar refractivity (Wildman–Crippen MR) is 82.6 cm³/mol. The zero-order chi connectivity index (χ0) is 14.5. The van der Waals surface area contributed by atoms with E-state index in [2.05, 4.69) is 32.7 Å². The van der Waals surface area contributed by atoms with Crippen LogP contribution in [0.15, 0.2) is 30.3 Å². The first-order valence-electron chi connectivity index (χ1n) is 7.29. The van der Waals surface area contributed by atoms with Crippen LogP contribution in [0.1, 0.15) is 16.8 Å². The van der Waals surface area contributed by atoms with Crippen molar-refractivity contribution in [2.45, 2.75) is 19.4 Å². The number of hydrogen-bond acceptors (Lipinski definition) is 5. The van der Waals surface area contributed by atoms with Crippen LogP contribution in [-0.2, 0) is 19.4 Å². The fraction of sp³-hybridized carbons (Fsp3) is 0.375. The van der Waals surface area contributed by atoms with E-state index in [1.54, 1.807) is 7.11 Å². The normalized spacial score (nSPS) is 14.1. The van der Waals surface area contributed by atoms with Crippen molar-refractivity contribution in [3.8, 4) is 6.01 Å². The van der Waals surface area contributed by atoms with Crippen molar-refractivity contribution >= 4 is 5.82 Å². The highest BCUT2D eigenvalue weighted by molar-refractivity contribution is 5.49. The maximum atomic E-state index is 5.23. The zero-order valence-electron chi connectivity index (χ0n) is 12.2. The average Bonchev–Trinajstić information content (AvgIpc) is 2.78. The molecule has 0 radical (unpaired) electrons. The van der Waals surface area contributed by atoms with Gasteiger partial charge in [0.15, 0.2) is 0 Å². The Bertz CT molecular complexity index is 601. The Balaban J connectivity index is 1.85. The minimum Gasteiger partial charge on any atom is -0.467 e. The fourth-order valence-corrected chi connectivity index (χ4v) is 2.54. The number of rotatable bonds is 4. The first-order chi connectivity index (χ1) is 10.4. The molecule has 0 unspecified atom stereocenters. The molecule has 21 heavy (non-hydrogen) atoms. The lowest BCUT2D eigenvalue weighted by molar-refractivity contribution is 0.378. The minimum atomic E-state index is 0.436. The van der Waals surface area contributed by atoms with Crippen molar-refractivity contribution in [2.24, 2.45) is 0 Å². The van der Waals surface area contributed by atoms with Crippen molar-refractivity contribution in [1.29, 1.82) is 0 Å². The minimum absolute atomic E-state index is 0.436. The summed E-state index contributed by atoms with van der Waals surface area (Å²) in [6.07, 6.45) is 1.85. The smallest absolute Gasteiger partial charge is 0.318 e. The third-order valence-electron chi connectivity index (χ3n) is 3.65. The summed E-state index contributed by atoms with van der Waals surface area (Å²) in [6, 6.07) is 10.8. The molecule has 2 aromatic rings. The third kappa shape index (κ3) is 3.31. The molecule has 1 aromatic carbocycles. The number of fused-ring (bicyclic) bond motifs is 1. The second-order valence-electron chi connectivity index (χ2n) is 5.07. The van der Waals surface area contributed by atoms with Gasteiger partial charge in [-0.1, -0.05) is 30.3 Å². The molecule has 5 nitrogen and oxygen atoms in total. The Kier molecular flexibility index (Phi) is 4.31. The molecule has 1 aromatic heterocycles. The van der Waals surface area contributed by atoms with Crippen molar-refractivity contribution < 1.29 is 4.74 Å². The lowest BCUT2D eigenvalue weighted by atomic mass is 10.1. The molecular formula is C16H20N4O. The number of methoxy groups -OCH3 is 1. The molecular weight excluding hydrogens is 264 g/mol. The van der Waals surface area contributed by atoms with Gasteiger partial charge in [0.1, 0.15) is 5.82 Å². The van der Waals surface area contributed by atoms with Crippen molar-refractivity contribution in [3.05, 3.63) is 47.2 Å². The summed E-state index contributed by atoms with van der Waals surface area (Å²) in [4.78, 5) is 8.98. The molecule has 0 saturated carbocycles. The van der Waals surface area contributed by atoms with Gasteiger partial charge in [0.25, 0.3) is 0 Å². The van der Waals surface area contributed by atoms with Crippen molar-refractivity contribution in [3.63, 3.8) is 0 Å². The molecule has 2 heterocycles. The molecule has 1 aliphatic heterocycles. The average molecular weight is 284 g/mol. The third-order valence-corrected chi connectivity index (χ3v) is 3.65. The van der Waals surface area contributed by atoms with Crippen LogP contribution in [0.4, 0.5) is 5.82 Å². The topological polar surface area (TPSA) is 59.1 Å². The summed E-state index contributed by atoms with van der Waals surface area (Å²) < 4.78 is 5.23. The van der Waals surface area contributed by atoms with Gasteiger partial charge in [0, 0.05) is 25.1 Å². The van der Waals surface area contributed by atoms with Gasteiger partial charge in [-0.2, -0.15) is 9.97 Å². The maximum absolute atomic E-state index is 5.23. The molecule has 0 amide bonds. The molecule has 0 bridgehead atoms. The molecule has 1 aliphatic rings.